The van der Waals surface area contributed by atoms with Crippen LogP contribution >= 0.6 is 0 Å². The third kappa shape index (κ3) is 2.72. The molecule has 188 valence electrons. The summed E-state index contributed by atoms with van der Waals surface area (Å²) in [5.74, 6) is -1.75. The standard InChI is InChI=1S/C27H32O8/c1-14(2)18-19(29)20(30)26(5)16(24(18,3)10-8-17(28)32-6)7-11-25(4)21(15-9-12-33-13-15)34-23(31)22-27(25,26)35-22/h8-10,12-13,16,20-22,30H,7,11H2,1-6H3/b10-8+/t16-,20-,21+,22-,24-,25+,26+,27-/m1/s1. The fourth-order valence-electron chi connectivity index (χ4n) is 7.97. The van der Waals surface area contributed by atoms with Crippen LogP contribution in [0.4, 0.5) is 0 Å². The number of ketones is 1. The van der Waals surface area contributed by atoms with Gasteiger partial charge in [0.25, 0.3) is 0 Å². The largest absolute Gasteiger partial charge is 0.472 e. The molecule has 1 N–H and O–H groups in total. The van der Waals surface area contributed by atoms with Gasteiger partial charge in [-0.3, -0.25) is 4.79 Å². The minimum atomic E-state index is -1.39. The summed E-state index contributed by atoms with van der Waals surface area (Å²) in [6, 6.07) is 1.76. The molecule has 5 rings (SSSR count). The normalized spacial score (nSPS) is 44.3. The molecule has 4 fully saturated rings. The molecule has 35 heavy (non-hydrogen) atoms. The van der Waals surface area contributed by atoms with Crippen molar-refractivity contribution in [2.24, 2.45) is 22.2 Å². The van der Waals surface area contributed by atoms with E-state index in [2.05, 4.69) is 0 Å². The van der Waals surface area contributed by atoms with E-state index in [1.54, 1.807) is 18.4 Å². The number of Topliss-reactive ketones (excluding diaryl/α,β-unsaturated/α-hetero) is 1. The molecule has 0 radical (unpaired) electrons. The molecule has 8 atom stereocenters. The first-order chi connectivity index (χ1) is 16.4. The van der Waals surface area contributed by atoms with Gasteiger partial charge in [0.15, 0.2) is 11.9 Å². The number of methoxy groups -OCH3 is 1. The van der Waals surface area contributed by atoms with Crippen LogP contribution in [-0.2, 0) is 28.6 Å². The number of cyclic esters (lactones) is 1. The maximum atomic E-state index is 13.8. The van der Waals surface area contributed by atoms with Crippen LogP contribution in [0.2, 0.25) is 0 Å². The van der Waals surface area contributed by atoms with Crippen molar-refractivity contribution in [3.8, 4) is 0 Å². The number of aliphatic hydroxyl groups excluding tert-OH is 1. The summed E-state index contributed by atoms with van der Waals surface area (Å²) in [6.45, 7) is 9.46. The van der Waals surface area contributed by atoms with Crippen molar-refractivity contribution in [2.45, 2.75) is 71.4 Å². The van der Waals surface area contributed by atoms with Gasteiger partial charge in [0.1, 0.15) is 17.8 Å². The average molecular weight is 485 g/mol. The third-order valence-corrected chi connectivity index (χ3v) is 9.41. The van der Waals surface area contributed by atoms with E-state index in [1.165, 1.54) is 19.4 Å². The zero-order chi connectivity index (χ0) is 25.6. The lowest BCUT2D eigenvalue weighted by Crippen LogP contribution is -2.72. The van der Waals surface area contributed by atoms with Gasteiger partial charge >= 0.3 is 11.9 Å². The predicted octanol–water partition coefficient (Wildman–Crippen LogP) is 3.45. The van der Waals surface area contributed by atoms with Crippen LogP contribution in [0.1, 0.15) is 59.1 Å². The number of hydrogen-bond donors (Lipinski definition) is 1. The minimum absolute atomic E-state index is 0.303. The second-order valence-corrected chi connectivity index (χ2v) is 11.2. The van der Waals surface area contributed by atoms with E-state index >= 15 is 0 Å². The summed E-state index contributed by atoms with van der Waals surface area (Å²) in [5, 5.41) is 11.7. The van der Waals surface area contributed by atoms with Gasteiger partial charge in [-0.25, -0.2) is 9.59 Å². The van der Waals surface area contributed by atoms with E-state index in [0.29, 0.717) is 24.0 Å². The molecule has 2 saturated carbocycles. The van der Waals surface area contributed by atoms with Gasteiger partial charge in [0.05, 0.1) is 19.6 Å². The Bertz CT molecular complexity index is 1160. The molecule has 0 aromatic carbocycles. The average Bonchev–Trinajstić information content (AvgIpc) is 3.38. The number of carbonyl (C=O) groups is 3. The molecule has 0 unspecified atom stereocenters. The second kappa shape index (κ2) is 7.40. The third-order valence-electron chi connectivity index (χ3n) is 9.41. The van der Waals surface area contributed by atoms with Gasteiger partial charge in [-0.15, -0.1) is 0 Å². The Hall–Kier alpha value is -2.71. The lowest BCUT2D eigenvalue weighted by molar-refractivity contribution is -0.218. The molecule has 2 aliphatic heterocycles. The zero-order valence-corrected chi connectivity index (χ0v) is 20.9. The number of allylic oxidation sites excluding steroid dienone is 2. The molecule has 1 aromatic heterocycles. The molecule has 2 saturated heterocycles. The minimum Gasteiger partial charge on any atom is -0.472 e. The van der Waals surface area contributed by atoms with Gasteiger partial charge in [-0.1, -0.05) is 32.4 Å². The smallest absolute Gasteiger partial charge is 0.339 e. The van der Waals surface area contributed by atoms with E-state index in [4.69, 9.17) is 18.6 Å². The van der Waals surface area contributed by atoms with Crippen molar-refractivity contribution in [3.63, 3.8) is 0 Å². The number of rotatable bonds is 3. The summed E-state index contributed by atoms with van der Waals surface area (Å²) in [7, 11) is 1.30. The first-order valence-electron chi connectivity index (χ1n) is 12.0. The highest BCUT2D eigenvalue weighted by Gasteiger charge is 2.88. The number of epoxide rings is 1. The predicted molar refractivity (Wildman–Crippen MR) is 123 cm³/mol. The van der Waals surface area contributed by atoms with Crippen LogP contribution in [-0.4, -0.2) is 47.7 Å². The Morgan fingerprint density at radius 2 is 1.91 bits per heavy atom. The van der Waals surface area contributed by atoms with Crippen LogP contribution in [0.25, 0.3) is 0 Å². The van der Waals surface area contributed by atoms with Crippen molar-refractivity contribution in [1.29, 1.82) is 0 Å². The Balaban J connectivity index is 1.72. The van der Waals surface area contributed by atoms with Crippen LogP contribution in [0.15, 0.2) is 46.3 Å². The molecule has 0 bridgehead atoms. The summed E-state index contributed by atoms with van der Waals surface area (Å²) < 4.78 is 22.3. The second-order valence-electron chi connectivity index (χ2n) is 11.2. The monoisotopic (exact) mass is 484 g/mol. The van der Waals surface area contributed by atoms with Crippen molar-refractivity contribution in [3.05, 3.63) is 47.5 Å². The lowest BCUT2D eigenvalue weighted by Gasteiger charge is -2.64. The molecule has 8 heteroatoms. The van der Waals surface area contributed by atoms with E-state index in [9.17, 15) is 19.5 Å². The SMILES string of the molecule is COC(=O)/C=C/[C@@]1(C)C(=C(C)C)C(=O)[C@@H](O)[C@]2(C)[C@@H]1CC[C@@]1(C)[C@H](c3ccoc3)OC(=O)[C@H]3O[C@@]321. The first-order valence-corrected chi connectivity index (χ1v) is 12.0. The van der Waals surface area contributed by atoms with Gasteiger partial charge < -0.3 is 23.7 Å². The Kier molecular flexibility index (Phi) is 5.07. The highest BCUT2D eigenvalue weighted by atomic mass is 16.7. The summed E-state index contributed by atoms with van der Waals surface area (Å²) >= 11 is 0. The Morgan fingerprint density at radius 1 is 1.20 bits per heavy atom. The first kappa shape index (κ1) is 24.0. The Labute approximate surface area is 204 Å². The number of aliphatic hydroxyl groups is 1. The van der Waals surface area contributed by atoms with Crippen LogP contribution < -0.4 is 0 Å². The highest BCUT2D eigenvalue weighted by Crippen LogP contribution is 2.78. The lowest BCUT2D eigenvalue weighted by atomic mass is 9.38. The molecule has 8 nitrogen and oxygen atoms in total. The van der Waals surface area contributed by atoms with E-state index < -0.39 is 57.9 Å². The number of ether oxygens (including phenoxy) is 3. The molecule has 1 spiro atoms. The number of carbonyl (C=O) groups excluding carboxylic acids is 3. The molecule has 2 aliphatic carbocycles. The van der Waals surface area contributed by atoms with Crippen molar-refractivity contribution < 1.29 is 38.1 Å². The molecule has 3 heterocycles. The van der Waals surface area contributed by atoms with Gasteiger partial charge in [0, 0.05) is 33.5 Å². The van der Waals surface area contributed by atoms with E-state index in [1.807, 2.05) is 34.6 Å². The van der Waals surface area contributed by atoms with Crippen LogP contribution in [0, 0.1) is 22.2 Å². The van der Waals surface area contributed by atoms with Gasteiger partial charge in [-0.2, -0.15) is 0 Å². The van der Waals surface area contributed by atoms with Crippen molar-refractivity contribution >= 4 is 17.7 Å². The van der Waals surface area contributed by atoms with Crippen LogP contribution in [0.3, 0.4) is 0 Å². The van der Waals surface area contributed by atoms with Gasteiger partial charge in [-0.05, 0) is 38.7 Å². The molecule has 0 amide bonds. The molecule has 4 aliphatic rings. The van der Waals surface area contributed by atoms with E-state index in [-0.39, 0.29) is 5.92 Å². The topological polar surface area (TPSA) is 116 Å². The fraction of sp³-hybridized carbons (Fsp3) is 0.593. The van der Waals surface area contributed by atoms with Crippen molar-refractivity contribution in [2.75, 3.05) is 7.11 Å². The maximum absolute atomic E-state index is 13.8. The van der Waals surface area contributed by atoms with E-state index in [0.717, 1.165) is 5.57 Å². The molecular weight excluding hydrogens is 452 g/mol. The summed E-state index contributed by atoms with van der Waals surface area (Å²) in [6.07, 6.45) is 4.46. The number of furan rings is 1. The quantitative estimate of drug-likeness (QED) is 0.394. The molecule has 1 aromatic rings. The molecular formula is C27H32O8. The zero-order valence-electron chi connectivity index (χ0n) is 20.9. The number of fused-ring (bicyclic) bond motifs is 1. The van der Waals surface area contributed by atoms with Crippen molar-refractivity contribution in [1.82, 2.24) is 0 Å². The fourth-order valence-corrected chi connectivity index (χ4v) is 7.97. The number of hydrogen-bond acceptors (Lipinski definition) is 8. The highest BCUT2D eigenvalue weighted by molar-refractivity contribution is 6.03. The van der Waals surface area contributed by atoms with Gasteiger partial charge in [0.2, 0.25) is 0 Å². The number of esters is 2. The Morgan fingerprint density at radius 3 is 2.51 bits per heavy atom. The summed E-state index contributed by atoms with van der Waals surface area (Å²) in [5.41, 5.74) is -1.89. The summed E-state index contributed by atoms with van der Waals surface area (Å²) in [4.78, 5) is 39.0. The van der Waals surface area contributed by atoms with Crippen LogP contribution in [0.5, 0.6) is 0 Å². The maximum Gasteiger partial charge on any atom is 0.339 e.